The Bertz CT molecular complexity index is 595. The van der Waals surface area contributed by atoms with Crippen LogP contribution >= 0.6 is 0 Å². The Balaban J connectivity index is 1.74. The quantitative estimate of drug-likeness (QED) is 0.867. The second kappa shape index (κ2) is 5.79. The fraction of sp³-hybridized carbons (Fsp3) is 0.714. The van der Waals surface area contributed by atoms with Crippen LogP contribution in [0.4, 0.5) is 13.2 Å². The summed E-state index contributed by atoms with van der Waals surface area (Å²) in [5.41, 5.74) is -1.20. The average molecular weight is 332 g/mol. The Labute approximate surface area is 131 Å². The first-order valence-corrected chi connectivity index (χ1v) is 7.60. The van der Waals surface area contributed by atoms with Crippen molar-refractivity contribution in [2.75, 3.05) is 26.2 Å². The Morgan fingerprint density at radius 3 is 2.52 bits per heavy atom. The van der Waals surface area contributed by atoms with Gasteiger partial charge in [0.25, 0.3) is 5.91 Å². The molecular formula is C14H19F3N4O2. The highest BCUT2D eigenvalue weighted by molar-refractivity contribution is 5.92. The molecule has 3 heterocycles. The van der Waals surface area contributed by atoms with Crippen molar-refractivity contribution >= 4 is 5.91 Å². The van der Waals surface area contributed by atoms with Crippen LogP contribution in [0.1, 0.15) is 29.0 Å². The molecule has 0 unspecified atom stereocenters. The van der Waals surface area contributed by atoms with Crippen LogP contribution in [0, 0.1) is 0 Å². The van der Waals surface area contributed by atoms with Crippen molar-refractivity contribution in [3.63, 3.8) is 0 Å². The number of β-amino-alcohol motifs (C(OH)–C–C–N with tert-alkyl or cyclic N) is 1. The number of hydrogen-bond acceptors (Lipinski definition) is 4. The summed E-state index contributed by atoms with van der Waals surface area (Å²) in [7, 11) is 1.16. The number of amides is 1. The van der Waals surface area contributed by atoms with Crippen LogP contribution in [0.3, 0.4) is 0 Å². The Morgan fingerprint density at radius 1 is 1.30 bits per heavy atom. The molecule has 0 bridgehead atoms. The molecule has 2 aliphatic heterocycles. The van der Waals surface area contributed by atoms with Crippen LogP contribution in [0.5, 0.6) is 0 Å². The van der Waals surface area contributed by atoms with Gasteiger partial charge in [-0.25, -0.2) is 0 Å². The number of hydrogen-bond donors (Lipinski definition) is 1. The zero-order valence-electron chi connectivity index (χ0n) is 12.8. The van der Waals surface area contributed by atoms with Crippen LogP contribution in [0.25, 0.3) is 0 Å². The minimum Gasteiger partial charge on any atom is -0.390 e. The lowest BCUT2D eigenvalue weighted by molar-refractivity contribution is -0.143. The van der Waals surface area contributed by atoms with E-state index in [1.165, 1.54) is 4.90 Å². The van der Waals surface area contributed by atoms with E-state index in [1.54, 1.807) is 0 Å². The van der Waals surface area contributed by atoms with Crippen LogP contribution in [-0.2, 0) is 13.2 Å². The summed E-state index contributed by atoms with van der Waals surface area (Å²) in [5.74, 6) is -0.572. The monoisotopic (exact) mass is 332 g/mol. The zero-order valence-corrected chi connectivity index (χ0v) is 12.8. The van der Waals surface area contributed by atoms with Gasteiger partial charge in [-0.3, -0.25) is 14.4 Å². The molecule has 3 rings (SSSR count). The number of aliphatic hydroxyl groups excluding tert-OH is 1. The maximum absolute atomic E-state index is 12.8. The summed E-state index contributed by atoms with van der Waals surface area (Å²) in [5, 5.41) is 13.8. The van der Waals surface area contributed by atoms with Gasteiger partial charge in [0, 0.05) is 26.2 Å². The molecule has 9 heteroatoms. The van der Waals surface area contributed by atoms with E-state index in [1.807, 2.05) is 0 Å². The van der Waals surface area contributed by atoms with Gasteiger partial charge in [-0.2, -0.15) is 18.3 Å². The number of aromatic nitrogens is 2. The molecule has 0 aromatic carbocycles. The van der Waals surface area contributed by atoms with Gasteiger partial charge in [0.2, 0.25) is 0 Å². The fourth-order valence-corrected chi connectivity index (χ4v) is 3.37. The largest absolute Gasteiger partial charge is 0.433 e. The SMILES string of the molecule is Cn1nc(C(=O)N2C[C@@H](O)[C@H](N3CCCC3)C2)cc1C(F)(F)F. The molecule has 2 saturated heterocycles. The Morgan fingerprint density at radius 2 is 1.96 bits per heavy atom. The number of aryl methyl sites for hydroxylation is 1. The van der Waals surface area contributed by atoms with E-state index in [2.05, 4.69) is 10.00 Å². The molecular weight excluding hydrogens is 313 g/mol. The van der Waals surface area contributed by atoms with Crippen LogP contribution in [0.15, 0.2) is 6.07 Å². The number of alkyl halides is 3. The van der Waals surface area contributed by atoms with Crippen molar-refractivity contribution in [3.05, 3.63) is 17.5 Å². The summed E-state index contributed by atoms with van der Waals surface area (Å²) in [6.07, 6.45) is -3.11. The lowest BCUT2D eigenvalue weighted by Gasteiger charge is -2.25. The molecule has 6 nitrogen and oxygen atoms in total. The summed E-state index contributed by atoms with van der Waals surface area (Å²) in [4.78, 5) is 15.9. The average Bonchev–Trinajstić information content (AvgIpc) is 3.15. The smallest absolute Gasteiger partial charge is 0.390 e. The molecule has 1 aromatic rings. The molecule has 23 heavy (non-hydrogen) atoms. The fourth-order valence-electron chi connectivity index (χ4n) is 3.37. The van der Waals surface area contributed by atoms with Crippen molar-refractivity contribution in [2.45, 2.75) is 31.2 Å². The topological polar surface area (TPSA) is 61.6 Å². The van der Waals surface area contributed by atoms with Crippen LogP contribution in [0.2, 0.25) is 0 Å². The lowest BCUT2D eigenvalue weighted by Crippen LogP contribution is -2.41. The highest BCUT2D eigenvalue weighted by Gasteiger charge is 2.41. The normalized spacial score (nSPS) is 26.2. The second-order valence-corrected chi connectivity index (χ2v) is 6.12. The van der Waals surface area contributed by atoms with Gasteiger partial charge >= 0.3 is 6.18 Å². The van der Waals surface area contributed by atoms with E-state index in [0.717, 1.165) is 39.0 Å². The molecule has 0 saturated carbocycles. The third-order valence-electron chi connectivity index (χ3n) is 4.55. The number of rotatable bonds is 2. The highest BCUT2D eigenvalue weighted by Crippen LogP contribution is 2.30. The first kappa shape index (κ1) is 16.3. The molecule has 0 radical (unpaired) electrons. The first-order chi connectivity index (χ1) is 10.8. The highest BCUT2D eigenvalue weighted by atomic mass is 19.4. The molecule has 1 aromatic heterocycles. The summed E-state index contributed by atoms with van der Waals surface area (Å²) >= 11 is 0. The van der Waals surface area contributed by atoms with E-state index < -0.39 is 23.9 Å². The molecule has 1 N–H and O–H groups in total. The van der Waals surface area contributed by atoms with Crippen molar-refractivity contribution in [1.29, 1.82) is 0 Å². The standard InChI is InChI=1S/C14H19F3N4O2/c1-19-12(14(15,16)17)6-9(18-19)13(23)21-7-10(11(22)8-21)20-4-2-3-5-20/h6,10-11,22H,2-5,7-8H2,1H3/t10-,11-/m1/s1. The first-order valence-electron chi connectivity index (χ1n) is 7.60. The molecule has 0 spiro atoms. The number of nitrogens with zero attached hydrogens (tertiary/aromatic N) is 4. The molecule has 2 fully saturated rings. The third-order valence-corrected chi connectivity index (χ3v) is 4.55. The van der Waals surface area contributed by atoms with Gasteiger partial charge in [0.15, 0.2) is 5.69 Å². The van der Waals surface area contributed by atoms with Gasteiger partial charge in [-0.05, 0) is 25.9 Å². The number of halogens is 3. The van der Waals surface area contributed by atoms with Crippen molar-refractivity contribution in [3.8, 4) is 0 Å². The lowest BCUT2D eigenvalue weighted by atomic mass is 10.2. The molecule has 2 aliphatic rings. The van der Waals surface area contributed by atoms with E-state index in [9.17, 15) is 23.1 Å². The van der Waals surface area contributed by atoms with Gasteiger partial charge in [0.1, 0.15) is 5.69 Å². The molecule has 2 atom stereocenters. The van der Waals surface area contributed by atoms with Gasteiger partial charge in [-0.1, -0.05) is 0 Å². The third kappa shape index (κ3) is 3.07. The van der Waals surface area contributed by atoms with Gasteiger partial charge in [-0.15, -0.1) is 0 Å². The summed E-state index contributed by atoms with van der Waals surface area (Å²) < 4.78 is 39.1. The van der Waals surface area contributed by atoms with E-state index in [4.69, 9.17) is 0 Å². The van der Waals surface area contributed by atoms with Gasteiger partial charge in [0.05, 0.1) is 12.1 Å². The van der Waals surface area contributed by atoms with E-state index >= 15 is 0 Å². The number of likely N-dealkylation sites (tertiary alicyclic amines) is 2. The van der Waals surface area contributed by atoms with Gasteiger partial charge < -0.3 is 10.0 Å². The van der Waals surface area contributed by atoms with Crippen molar-refractivity contribution < 1.29 is 23.1 Å². The number of carbonyl (C=O) groups is 1. The number of carbonyl (C=O) groups excluding carboxylic acids is 1. The molecule has 128 valence electrons. The minimum atomic E-state index is -4.55. The van der Waals surface area contributed by atoms with Crippen molar-refractivity contribution in [2.24, 2.45) is 7.05 Å². The molecule has 0 aliphatic carbocycles. The molecule has 1 amide bonds. The van der Waals surface area contributed by atoms with Crippen LogP contribution < -0.4 is 0 Å². The minimum absolute atomic E-state index is 0.123. The zero-order chi connectivity index (χ0) is 16.8. The van der Waals surface area contributed by atoms with Crippen LogP contribution in [-0.4, -0.2) is 68.9 Å². The Kier molecular flexibility index (Phi) is 4.09. The Hall–Kier alpha value is -1.61. The van der Waals surface area contributed by atoms with E-state index in [0.29, 0.717) is 11.2 Å². The van der Waals surface area contributed by atoms with Crippen molar-refractivity contribution in [1.82, 2.24) is 19.6 Å². The number of aliphatic hydroxyl groups is 1. The maximum Gasteiger partial charge on any atom is 0.433 e. The summed E-state index contributed by atoms with van der Waals surface area (Å²) in [6.45, 7) is 2.20. The predicted octanol–water partition coefficient (Wildman–Crippen LogP) is 0.720. The second-order valence-electron chi connectivity index (χ2n) is 6.12. The van der Waals surface area contributed by atoms with E-state index in [-0.39, 0.29) is 18.3 Å². The summed E-state index contributed by atoms with van der Waals surface area (Å²) in [6, 6.07) is 0.616. The predicted molar refractivity (Wildman–Crippen MR) is 74.7 cm³/mol. The maximum atomic E-state index is 12.8.